The molecule has 0 N–H and O–H groups in total. The molecule has 5 aliphatic rings. The van der Waals surface area contributed by atoms with Gasteiger partial charge in [-0.3, -0.25) is 9.59 Å². The predicted molar refractivity (Wildman–Crippen MR) is 159 cm³/mol. The molecule has 10 heteroatoms. The number of carbonyl (C=O) groups is 2. The lowest BCUT2D eigenvalue weighted by atomic mass is 9.53. The van der Waals surface area contributed by atoms with E-state index in [0.29, 0.717) is 0 Å². The molecular formula is C32H40B2O8. The maximum atomic E-state index is 13.4. The Morgan fingerprint density at radius 2 is 0.881 bits per heavy atom. The van der Waals surface area contributed by atoms with Crippen LogP contribution in [0.4, 0.5) is 0 Å². The third-order valence-corrected chi connectivity index (χ3v) is 10.7. The van der Waals surface area contributed by atoms with Gasteiger partial charge in [0, 0.05) is 11.8 Å². The summed E-state index contributed by atoms with van der Waals surface area (Å²) in [6, 6.07) is 12.2. The van der Waals surface area contributed by atoms with Crippen molar-refractivity contribution in [2.24, 2.45) is 11.8 Å². The van der Waals surface area contributed by atoms with Crippen molar-refractivity contribution in [1.29, 1.82) is 0 Å². The highest BCUT2D eigenvalue weighted by Gasteiger charge is 2.58. The highest BCUT2D eigenvalue weighted by molar-refractivity contribution is 6.62. The lowest BCUT2D eigenvalue weighted by molar-refractivity contribution is -0.160. The van der Waals surface area contributed by atoms with E-state index in [1.165, 1.54) is 14.2 Å². The number of rotatable bonds is 4. The lowest BCUT2D eigenvalue weighted by Gasteiger charge is -2.48. The fraction of sp³-hybridized carbons (Fsp3) is 0.562. The van der Waals surface area contributed by atoms with Crippen LogP contribution in [-0.4, -0.2) is 62.8 Å². The van der Waals surface area contributed by atoms with Gasteiger partial charge < -0.3 is 28.1 Å². The molecule has 2 saturated heterocycles. The zero-order valence-corrected chi connectivity index (χ0v) is 26.2. The van der Waals surface area contributed by atoms with Gasteiger partial charge in [-0.15, -0.1) is 0 Å². The summed E-state index contributed by atoms with van der Waals surface area (Å²) in [5, 5.41) is 0. The number of esters is 2. The predicted octanol–water partition coefficient (Wildman–Crippen LogP) is 3.45. The molecule has 0 saturated carbocycles. The van der Waals surface area contributed by atoms with E-state index in [4.69, 9.17) is 28.1 Å². The lowest BCUT2D eigenvalue weighted by Crippen LogP contribution is -2.49. The Morgan fingerprint density at radius 1 is 0.571 bits per heavy atom. The summed E-state index contributed by atoms with van der Waals surface area (Å²) in [4.78, 5) is 26.8. The van der Waals surface area contributed by atoms with Crippen LogP contribution in [0.25, 0.3) is 0 Å². The van der Waals surface area contributed by atoms with Crippen molar-refractivity contribution in [3.05, 3.63) is 58.7 Å². The number of ether oxygens (including phenoxy) is 2. The summed E-state index contributed by atoms with van der Waals surface area (Å²) in [5.41, 5.74) is 3.67. The highest BCUT2D eigenvalue weighted by atomic mass is 16.7. The smallest absolute Gasteiger partial charge is 0.469 e. The zero-order valence-electron chi connectivity index (χ0n) is 26.2. The Kier molecular flexibility index (Phi) is 6.60. The molecule has 0 unspecified atom stereocenters. The van der Waals surface area contributed by atoms with E-state index in [2.05, 4.69) is 12.1 Å². The van der Waals surface area contributed by atoms with Crippen molar-refractivity contribution in [3.63, 3.8) is 0 Å². The molecule has 4 atom stereocenters. The van der Waals surface area contributed by atoms with Crippen LogP contribution >= 0.6 is 0 Å². The maximum Gasteiger partial charge on any atom is 0.494 e. The van der Waals surface area contributed by atoms with Crippen molar-refractivity contribution >= 4 is 37.1 Å². The molecule has 8 nitrogen and oxygen atoms in total. The monoisotopic (exact) mass is 574 g/mol. The van der Waals surface area contributed by atoms with E-state index < -0.39 is 72.3 Å². The minimum Gasteiger partial charge on any atom is -0.469 e. The Hall–Kier alpha value is -2.65. The van der Waals surface area contributed by atoms with E-state index in [0.717, 1.165) is 33.2 Å². The van der Waals surface area contributed by atoms with Gasteiger partial charge in [-0.2, -0.15) is 0 Å². The first-order valence-corrected chi connectivity index (χ1v) is 14.7. The molecule has 42 heavy (non-hydrogen) atoms. The third-order valence-electron chi connectivity index (χ3n) is 10.7. The van der Waals surface area contributed by atoms with E-state index >= 15 is 0 Å². The van der Waals surface area contributed by atoms with Crippen LogP contribution in [0.3, 0.4) is 0 Å². The SMILES string of the molecule is COC(=O)[C@@H]1[C@@H]2c3cc(B4OC(C)(C)C(C)(C)O4)ccc3[C@@H](c3cc(B4OC(C)(C)C(C)(C)O4)ccc32)[C@@H]1C(=O)OC. The summed E-state index contributed by atoms with van der Waals surface area (Å²) < 4.78 is 36.0. The first kappa shape index (κ1) is 29.4. The minimum absolute atomic E-state index is 0.425. The summed E-state index contributed by atoms with van der Waals surface area (Å²) in [6.45, 7) is 16.2. The molecular weight excluding hydrogens is 534 g/mol. The molecule has 2 aromatic carbocycles. The van der Waals surface area contributed by atoms with Gasteiger partial charge in [-0.25, -0.2) is 0 Å². The molecule has 0 aromatic heterocycles. The molecule has 2 bridgehead atoms. The first-order valence-electron chi connectivity index (χ1n) is 14.7. The van der Waals surface area contributed by atoms with Crippen LogP contribution in [0.15, 0.2) is 36.4 Å². The first-order chi connectivity index (χ1) is 19.5. The molecule has 2 aliphatic heterocycles. The molecule has 222 valence electrons. The average Bonchev–Trinajstić information content (AvgIpc) is 3.30. The molecule has 0 spiro atoms. The van der Waals surface area contributed by atoms with Gasteiger partial charge in [-0.05, 0) is 88.6 Å². The molecule has 2 heterocycles. The minimum atomic E-state index is -0.747. The van der Waals surface area contributed by atoms with Gasteiger partial charge in [-0.1, -0.05) is 36.4 Å². The Labute approximate surface area is 249 Å². The van der Waals surface area contributed by atoms with Crippen LogP contribution < -0.4 is 10.9 Å². The second-order valence-electron chi connectivity index (χ2n) is 14.0. The summed E-state index contributed by atoms with van der Waals surface area (Å²) in [7, 11) is 1.62. The van der Waals surface area contributed by atoms with Crippen LogP contribution in [0.1, 0.15) is 89.5 Å². The molecule has 7 rings (SSSR count). The molecule has 2 fully saturated rings. The van der Waals surface area contributed by atoms with E-state index in [9.17, 15) is 9.59 Å². The van der Waals surface area contributed by atoms with Crippen LogP contribution in [0, 0.1) is 11.8 Å². The number of hydrogen-bond acceptors (Lipinski definition) is 8. The molecule has 2 aromatic rings. The molecule has 0 amide bonds. The van der Waals surface area contributed by atoms with Gasteiger partial charge in [0.15, 0.2) is 0 Å². The fourth-order valence-electron chi connectivity index (χ4n) is 6.90. The standard InChI is InChI=1S/C32H40B2O8/c1-29(2)30(3,4)40-33(39-29)17-11-13-19-21(15-17)23-20-14-12-18(34-41-31(5,6)32(7,8)42-34)16-22(20)24(19)26(28(36)38-10)25(23)27(35)37-9/h11-16,23-26H,1-10H3/t23-,24-,25-,26+/m0/s1. The number of hydrogen-bond donors (Lipinski definition) is 0. The van der Waals surface area contributed by atoms with Crippen LogP contribution in [-0.2, 0) is 37.7 Å². The number of benzene rings is 2. The maximum absolute atomic E-state index is 13.4. The van der Waals surface area contributed by atoms with Gasteiger partial charge in [0.25, 0.3) is 0 Å². The van der Waals surface area contributed by atoms with Gasteiger partial charge in [0.05, 0.1) is 48.5 Å². The van der Waals surface area contributed by atoms with Gasteiger partial charge >= 0.3 is 26.2 Å². The van der Waals surface area contributed by atoms with E-state index in [1.54, 1.807) is 0 Å². The second kappa shape index (κ2) is 9.42. The quantitative estimate of drug-likeness (QED) is 0.406. The second-order valence-corrected chi connectivity index (χ2v) is 14.0. The largest absolute Gasteiger partial charge is 0.494 e. The highest BCUT2D eigenvalue weighted by Crippen LogP contribution is 2.58. The van der Waals surface area contributed by atoms with Gasteiger partial charge in [0.2, 0.25) is 0 Å². The van der Waals surface area contributed by atoms with E-state index in [-0.39, 0.29) is 0 Å². The molecule has 0 radical (unpaired) electrons. The fourth-order valence-corrected chi connectivity index (χ4v) is 6.90. The summed E-state index contributed by atoms with van der Waals surface area (Å²) >= 11 is 0. The van der Waals surface area contributed by atoms with Crippen molar-refractivity contribution < 1.29 is 37.7 Å². The Bertz CT molecular complexity index is 1320. The normalized spacial score (nSPS) is 29.2. The number of carbonyl (C=O) groups excluding carboxylic acids is 2. The van der Waals surface area contributed by atoms with Crippen molar-refractivity contribution in [1.82, 2.24) is 0 Å². The topological polar surface area (TPSA) is 89.5 Å². The van der Waals surface area contributed by atoms with Crippen molar-refractivity contribution in [3.8, 4) is 0 Å². The zero-order chi connectivity index (χ0) is 30.6. The van der Waals surface area contributed by atoms with Crippen LogP contribution in [0.5, 0.6) is 0 Å². The van der Waals surface area contributed by atoms with E-state index in [1.807, 2.05) is 79.7 Å². The van der Waals surface area contributed by atoms with Crippen molar-refractivity contribution in [2.45, 2.75) is 89.6 Å². The summed E-state index contributed by atoms with van der Waals surface area (Å²) in [5.74, 6) is -3.22. The van der Waals surface area contributed by atoms with Crippen LogP contribution in [0.2, 0.25) is 0 Å². The summed E-state index contributed by atoms with van der Waals surface area (Å²) in [6.07, 6.45) is 0. The Balaban J connectivity index is 1.49. The number of methoxy groups -OCH3 is 2. The van der Waals surface area contributed by atoms with Gasteiger partial charge in [0.1, 0.15) is 0 Å². The number of fused-ring (bicyclic) bond motifs is 1. The molecule has 3 aliphatic carbocycles. The Morgan fingerprint density at radius 3 is 1.17 bits per heavy atom. The third kappa shape index (κ3) is 4.13. The van der Waals surface area contributed by atoms with Crippen molar-refractivity contribution in [2.75, 3.05) is 14.2 Å². The average molecular weight is 574 g/mol.